The van der Waals surface area contributed by atoms with E-state index >= 15 is 0 Å². The smallest absolute Gasteiger partial charge is 0.256 e. The minimum Gasteiger partial charge on any atom is -0.508 e. The molecule has 0 saturated carbocycles. The van der Waals surface area contributed by atoms with Crippen LogP contribution in [0.2, 0.25) is 0 Å². The fraction of sp³-hybridized carbons (Fsp3) is 0.433. The minimum atomic E-state index is -0.430. The maximum Gasteiger partial charge on any atom is 0.256 e. The van der Waals surface area contributed by atoms with E-state index in [9.17, 15) is 9.90 Å². The molecular formula is C30H38N4O3. The van der Waals surface area contributed by atoms with E-state index in [1.165, 1.54) is 5.56 Å². The molecule has 1 amide bonds. The number of hydrogen-bond donors (Lipinski definition) is 1. The topological polar surface area (TPSA) is 78.8 Å². The van der Waals surface area contributed by atoms with Gasteiger partial charge in [0, 0.05) is 32.0 Å². The van der Waals surface area contributed by atoms with Gasteiger partial charge in [0.2, 0.25) is 0 Å². The average molecular weight is 503 g/mol. The number of hydrogen-bond acceptors (Lipinski definition) is 6. The number of carbonyl (C=O) groups is 1. The Labute approximate surface area is 220 Å². The zero-order valence-electron chi connectivity index (χ0n) is 22.1. The largest absolute Gasteiger partial charge is 0.508 e. The first-order valence-electron chi connectivity index (χ1n) is 13.2. The number of carbonyl (C=O) groups excluding carboxylic acids is 1. The zero-order chi connectivity index (χ0) is 26.3. The molecule has 1 aliphatic rings. The number of aromatic nitrogens is 2. The van der Waals surface area contributed by atoms with Crippen molar-refractivity contribution in [1.29, 1.82) is 0 Å². The van der Waals surface area contributed by atoms with Crippen molar-refractivity contribution < 1.29 is 14.6 Å². The van der Waals surface area contributed by atoms with Gasteiger partial charge in [0.1, 0.15) is 11.6 Å². The molecular weight excluding hydrogens is 464 g/mol. The van der Waals surface area contributed by atoms with Crippen molar-refractivity contribution >= 4 is 5.91 Å². The van der Waals surface area contributed by atoms with Gasteiger partial charge in [-0.2, -0.15) is 0 Å². The summed E-state index contributed by atoms with van der Waals surface area (Å²) in [5, 5.41) is 10.2. The summed E-state index contributed by atoms with van der Waals surface area (Å²) in [6, 6.07) is 17.7. The molecule has 4 rings (SSSR count). The summed E-state index contributed by atoms with van der Waals surface area (Å²) in [4.78, 5) is 26.4. The lowest BCUT2D eigenvalue weighted by Crippen LogP contribution is -2.46. The van der Waals surface area contributed by atoms with Gasteiger partial charge in [-0.05, 0) is 70.0 Å². The van der Waals surface area contributed by atoms with E-state index in [4.69, 9.17) is 14.7 Å². The van der Waals surface area contributed by atoms with E-state index in [0.29, 0.717) is 31.1 Å². The molecule has 37 heavy (non-hydrogen) atoms. The van der Waals surface area contributed by atoms with Crippen LogP contribution in [0.4, 0.5) is 0 Å². The van der Waals surface area contributed by atoms with Gasteiger partial charge in [-0.1, -0.05) is 42.5 Å². The van der Waals surface area contributed by atoms with Crippen LogP contribution < -0.4 is 0 Å². The van der Waals surface area contributed by atoms with Crippen molar-refractivity contribution in [3.8, 4) is 5.75 Å². The zero-order valence-corrected chi connectivity index (χ0v) is 22.1. The van der Waals surface area contributed by atoms with Crippen LogP contribution in [0.1, 0.15) is 60.9 Å². The molecule has 3 aromatic rings. The van der Waals surface area contributed by atoms with E-state index in [1.54, 1.807) is 23.4 Å². The van der Waals surface area contributed by atoms with Crippen molar-refractivity contribution in [3.63, 3.8) is 0 Å². The highest BCUT2D eigenvalue weighted by Gasteiger charge is 2.41. The molecule has 2 aromatic carbocycles. The van der Waals surface area contributed by atoms with Gasteiger partial charge in [-0.3, -0.25) is 4.79 Å². The van der Waals surface area contributed by atoms with Crippen molar-refractivity contribution in [1.82, 2.24) is 19.8 Å². The number of aromatic hydroxyl groups is 1. The third kappa shape index (κ3) is 6.35. The van der Waals surface area contributed by atoms with Crippen molar-refractivity contribution in [2.75, 3.05) is 32.7 Å². The Morgan fingerprint density at radius 1 is 1.05 bits per heavy atom. The Morgan fingerprint density at radius 3 is 2.35 bits per heavy atom. The summed E-state index contributed by atoms with van der Waals surface area (Å²) in [5.41, 5.74) is 2.25. The molecule has 0 aliphatic carbocycles. The Bertz CT molecular complexity index is 1140. The number of piperidine rings is 1. The molecule has 1 unspecified atom stereocenters. The second-order valence-corrected chi connectivity index (χ2v) is 9.81. The van der Waals surface area contributed by atoms with Gasteiger partial charge in [-0.25, -0.2) is 9.97 Å². The first-order valence-corrected chi connectivity index (χ1v) is 13.2. The summed E-state index contributed by atoms with van der Waals surface area (Å²) in [7, 11) is 0. The fourth-order valence-electron chi connectivity index (χ4n) is 5.17. The molecule has 196 valence electrons. The first kappa shape index (κ1) is 26.8. The Balaban J connectivity index is 1.48. The van der Waals surface area contributed by atoms with Crippen LogP contribution in [0.25, 0.3) is 0 Å². The lowest BCUT2D eigenvalue weighted by atomic mass is 9.71. The Kier molecular flexibility index (Phi) is 8.90. The maximum absolute atomic E-state index is 12.8. The fourth-order valence-corrected chi connectivity index (χ4v) is 5.17. The third-order valence-corrected chi connectivity index (χ3v) is 7.38. The number of amides is 1. The van der Waals surface area contributed by atoms with Gasteiger partial charge < -0.3 is 19.6 Å². The molecule has 1 N–H and O–H groups in total. The quantitative estimate of drug-likeness (QED) is 0.435. The number of ether oxygens (including phenoxy) is 1. The molecule has 7 heteroatoms. The highest BCUT2D eigenvalue weighted by atomic mass is 16.5. The van der Waals surface area contributed by atoms with E-state index in [2.05, 4.69) is 24.0 Å². The predicted octanol–water partition coefficient (Wildman–Crippen LogP) is 4.65. The summed E-state index contributed by atoms with van der Waals surface area (Å²) in [6.07, 6.45) is 5.03. The molecule has 2 heterocycles. The summed E-state index contributed by atoms with van der Waals surface area (Å²) in [6.45, 7) is 10.5. The minimum absolute atomic E-state index is 0.0535. The number of benzene rings is 2. The van der Waals surface area contributed by atoms with Gasteiger partial charge in [0.05, 0.1) is 23.7 Å². The van der Waals surface area contributed by atoms with Gasteiger partial charge in [0.25, 0.3) is 5.91 Å². The highest BCUT2D eigenvalue weighted by Crippen LogP contribution is 2.41. The molecule has 0 spiro atoms. The summed E-state index contributed by atoms with van der Waals surface area (Å²) < 4.78 is 6.11. The first-order chi connectivity index (χ1) is 17.9. The van der Waals surface area contributed by atoms with E-state index in [0.717, 1.165) is 38.0 Å². The monoisotopic (exact) mass is 502 g/mol. The maximum atomic E-state index is 12.8. The van der Waals surface area contributed by atoms with Crippen LogP contribution in [0, 0.1) is 0 Å². The standard InChI is InChI=1S/C30H38N4O3/c1-4-34(5-2)28(36)25-19-31-29(32-20-25)30(26-12-9-13-27(35)18-26)14-16-33(17-15-30)21-23(3)37-22-24-10-7-6-8-11-24/h6-13,18-20,23,35H,4-5,14-17,21-22H2,1-3H3. The second-order valence-electron chi connectivity index (χ2n) is 9.81. The molecule has 1 aromatic heterocycles. The molecule has 0 bridgehead atoms. The van der Waals surface area contributed by atoms with Crippen LogP contribution >= 0.6 is 0 Å². The van der Waals surface area contributed by atoms with Crippen LogP contribution in [0.3, 0.4) is 0 Å². The predicted molar refractivity (Wildman–Crippen MR) is 145 cm³/mol. The number of rotatable bonds is 10. The van der Waals surface area contributed by atoms with Crippen molar-refractivity contribution in [2.45, 2.75) is 51.7 Å². The molecule has 7 nitrogen and oxygen atoms in total. The molecule has 1 aliphatic heterocycles. The number of nitrogens with zero attached hydrogens (tertiary/aromatic N) is 4. The second kappa shape index (κ2) is 12.3. The van der Waals surface area contributed by atoms with Crippen LogP contribution in [0.5, 0.6) is 5.75 Å². The van der Waals surface area contributed by atoms with Crippen LogP contribution in [0.15, 0.2) is 67.0 Å². The average Bonchev–Trinajstić information content (AvgIpc) is 2.94. The van der Waals surface area contributed by atoms with Gasteiger partial charge in [-0.15, -0.1) is 0 Å². The summed E-state index contributed by atoms with van der Waals surface area (Å²) >= 11 is 0. The van der Waals surface area contributed by atoms with E-state index in [-0.39, 0.29) is 17.8 Å². The van der Waals surface area contributed by atoms with E-state index in [1.807, 2.05) is 50.2 Å². The number of phenolic OH excluding ortho intramolecular Hbond substituents is 1. The van der Waals surface area contributed by atoms with Gasteiger partial charge in [0.15, 0.2) is 0 Å². The molecule has 1 saturated heterocycles. The third-order valence-electron chi connectivity index (χ3n) is 7.38. The number of phenols is 1. The van der Waals surface area contributed by atoms with E-state index < -0.39 is 5.41 Å². The lowest BCUT2D eigenvalue weighted by Gasteiger charge is -2.42. The Morgan fingerprint density at radius 2 is 1.73 bits per heavy atom. The van der Waals surface area contributed by atoms with Crippen molar-refractivity contribution in [3.05, 3.63) is 89.5 Å². The SMILES string of the molecule is CCN(CC)C(=O)c1cnc(C2(c3cccc(O)c3)CCN(CC(C)OCc3ccccc3)CC2)nc1. The Hall–Kier alpha value is -3.29. The normalized spacial score (nSPS) is 16.3. The van der Waals surface area contributed by atoms with Crippen molar-refractivity contribution in [2.24, 2.45) is 0 Å². The van der Waals surface area contributed by atoms with Crippen LogP contribution in [-0.2, 0) is 16.8 Å². The number of likely N-dealkylation sites (tertiary alicyclic amines) is 1. The van der Waals surface area contributed by atoms with Crippen LogP contribution in [-0.4, -0.2) is 69.6 Å². The lowest BCUT2D eigenvalue weighted by molar-refractivity contribution is 0.0182. The summed E-state index contributed by atoms with van der Waals surface area (Å²) in [5.74, 6) is 0.875. The van der Waals surface area contributed by atoms with Gasteiger partial charge >= 0.3 is 0 Å². The molecule has 0 radical (unpaired) electrons. The molecule has 1 atom stereocenters. The molecule has 1 fully saturated rings. The highest BCUT2D eigenvalue weighted by molar-refractivity contribution is 5.93.